The molecule has 0 fully saturated rings. The second kappa shape index (κ2) is 7.65. The van der Waals surface area contributed by atoms with Crippen molar-refractivity contribution in [2.24, 2.45) is 0 Å². The first kappa shape index (κ1) is 18.7. The van der Waals surface area contributed by atoms with Crippen LogP contribution < -0.4 is 4.74 Å². The normalized spacial score (nSPS) is 12.0. The molecule has 0 saturated heterocycles. The van der Waals surface area contributed by atoms with Gasteiger partial charge in [-0.25, -0.2) is 22.6 Å². The van der Waals surface area contributed by atoms with Crippen LogP contribution in [0.25, 0.3) is 0 Å². The molecule has 27 heavy (non-hydrogen) atoms. The minimum absolute atomic E-state index is 0.0567. The van der Waals surface area contributed by atoms with E-state index in [2.05, 4.69) is 5.10 Å². The molecule has 0 aliphatic carbocycles. The number of benzene rings is 2. The lowest BCUT2D eigenvalue weighted by Crippen LogP contribution is -2.17. The molecule has 0 radical (unpaired) electrons. The monoisotopic (exact) mass is 374 g/mol. The fraction of sp³-hybridized carbons (Fsp3) is 0.200. The maximum Gasteiger partial charge on any atom is 0.344 e. The highest BCUT2D eigenvalue weighted by Gasteiger charge is 2.21. The van der Waals surface area contributed by atoms with Crippen LogP contribution in [-0.4, -0.2) is 15.7 Å². The first-order valence-corrected chi connectivity index (χ1v) is 8.38. The second-order valence-electron chi connectivity index (χ2n) is 6.07. The molecule has 140 valence electrons. The van der Waals surface area contributed by atoms with Gasteiger partial charge in [-0.15, -0.1) is 0 Å². The van der Waals surface area contributed by atoms with Crippen LogP contribution >= 0.6 is 0 Å². The molecule has 3 rings (SSSR count). The van der Waals surface area contributed by atoms with Gasteiger partial charge in [-0.3, -0.25) is 0 Å². The molecule has 4 nitrogen and oxygen atoms in total. The van der Waals surface area contributed by atoms with Crippen molar-refractivity contribution in [3.63, 3.8) is 0 Å². The van der Waals surface area contributed by atoms with E-state index in [0.717, 1.165) is 18.2 Å². The van der Waals surface area contributed by atoms with Gasteiger partial charge in [0, 0.05) is 6.07 Å². The van der Waals surface area contributed by atoms with Crippen LogP contribution in [0.1, 0.15) is 41.0 Å². The van der Waals surface area contributed by atoms with Gasteiger partial charge in [0.25, 0.3) is 0 Å². The maximum atomic E-state index is 13.6. The van der Waals surface area contributed by atoms with Gasteiger partial charge < -0.3 is 4.74 Å². The predicted octanol–water partition coefficient (Wildman–Crippen LogP) is 4.83. The van der Waals surface area contributed by atoms with E-state index >= 15 is 0 Å². The number of halogens is 3. The highest BCUT2D eigenvalue weighted by atomic mass is 19.2. The molecule has 1 unspecified atom stereocenters. The minimum Gasteiger partial charge on any atom is -0.404 e. The number of carbonyl (C=O) groups is 1. The number of hydrogen-bond acceptors (Lipinski definition) is 3. The molecule has 0 spiro atoms. The molecular formula is C20H17F3N2O2. The average molecular weight is 374 g/mol. The fourth-order valence-corrected chi connectivity index (χ4v) is 2.83. The highest BCUT2D eigenvalue weighted by Crippen LogP contribution is 2.29. The lowest BCUT2D eigenvalue weighted by Gasteiger charge is -2.19. The third-order valence-corrected chi connectivity index (χ3v) is 4.09. The zero-order chi connectivity index (χ0) is 19.6. The summed E-state index contributed by atoms with van der Waals surface area (Å²) >= 11 is 0. The van der Waals surface area contributed by atoms with Crippen molar-refractivity contribution < 1.29 is 22.7 Å². The fourth-order valence-electron chi connectivity index (χ4n) is 2.83. The quantitative estimate of drug-likeness (QED) is 0.601. The van der Waals surface area contributed by atoms with E-state index in [1.165, 1.54) is 28.9 Å². The van der Waals surface area contributed by atoms with Gasteiger partial charge >= 0.3 is 5.97 Å². The van der Waals surface area contributed by atoms with Crippen molar-refractivity contribution in [1.29, 1.82) is 0 Å². The molecule has 7 heteroatoms. The first-order valence-electron chi connectivity index (χ1n) is 8.38. The van der Waals surface area contributed by atoms with Crippen LogP contribution in [0.2, 0.25) is 0 Å². The molecule has 3 aromatic rings. The number of nitrogens with zero attached hydrogens (tertiary/aromatic N) is 2. The van der Waals surface area contributed by atoms with Gasteiger partial charge in [-0.2, -0.15) is 5.10 Å². The van der Waals surface area contributed by atoms with Crippen LogP contribution in [0.5, 0.6) is 5.88 Å². The van der Waals surface area contributed by atoms with Crippen LogP contribution in [0.4, 0.5) is 13.2 Å². The second-order valence-corrected chi connectivity index (χ2v) is 6.07. The summed E-state index contributed by atoms with van der Waals surface area (Å²) in [4.78, 5) is 12.3. The molecule has 0 bridgehead atoms. The van der Waals surface area contributed by atoms with E-state index in [0.29, 0.717) is 17.7 Å². The van der Waals surface area contributed by atoms with Gasteiger partial charge in [-0.1, -0.05) is 19.1 Å². The van der Waals surface area contributed by atoms with Crippen LogP contribution in [0.15, 0.2) is 48.5 Å². The van der Waals surface area contributed by atoms with Crippen molar-refractivity contribution in [2.75, 3.05) is 0 Å². The third-order valence-electron chi connectivity index (χ3n) is 4.09. The summed E-state index contributed by atoms with van der Waals surface area (Å²) in [6, 6.07) is 9.83. The Balaban J connectivity index is 1.94. The molecule has 0 N–H and O–H groups in total. The highest BCUT2D eigenvalue weighted by molar-refractivity contribution is 5.90. The Morgan fingerprint density at radius 2 is 1.89 bits per heavy atom. The molecular weight excluding hydrogens is 357 g/mol. The van der Waals surface area contributed by atoms with Gasteiger partial charge in [0.2, 0.25) is 5.88 Å². The van der Waals surface area contributed by atoms with Crippen LogP contribution in [0, 0.1) is 24.4 Å². The van der Waals surface area contributed by atoms with Gasteiger partial charge in [0.05, 0.1) is 17.3 Å². The molecule has 0 amide bonds. The maximum absolute atomic E-state index is 13.6. The van der Waals surface area contributed by atoms with Crippen molar-refractivity contribution >= 4 is 5.97 Å². The van der Waals surface area contributed by atoms with E-state index in [4.69, 9.17) is 4.74 Å². The SMILES string of the molecule is CCC(c1ccc(F)c(F)c1)n1nc(C)cc1OC(=O)c1cccc(F)c1. The summed E-state index contributed by atoms with van der Waals surface area (Å²) in [5.74, 6) is -3.06. The number of hydrogen-bond donors (Lipinski definition) is 0. The molecule has 1 atom stereocenters. The topological polar surface area (TPSA) is 44.1 Å². The largest absolute Gasteiger partial charge is 0.404 e. The Bertz CT molecular complexity index is 985. The van der Waals surface area contributed by atoms with E-state index in [9.17, 15) is 18.0 Å². The Morgan fingerprint density at radius 1 is 1.11 bits per heavy atom. The lowest BCUT2D eigenvalue weighted by molar-refractivity contribution is 0.0715. The Morgan fingerprint density at radius 3 is 2.56 bits per heavy atom. The van der Waals surface area contributed by atoms with Gasteiger partial charge in [0.15, 0.2) is 11.6 Å². The molecule has 0 aliphatic heterocycles. The molecule has 0 aliphatic rings. The van der Waals surface area contributed by atoms with Crippen molar-refractivity contribution in [2.45, 2.75) is 26.3 Å². The van der Waals surface area contributed by atoms with E-state index in [1.807, 2.05) is 6.92 Å². The first-order chi connectivity index (χ1) is 12.9. The van der Waals surface area contributed by atoms with Crippen molar-refractivity contribution in [3.05, 3.63) is 82.8 Å². The predicted molar refractivity (Wildman–Crippen MR) is 93.1 cm³/mol. The smallest absolute Gasteiger partial charge is 0.344 e. The van der Waals surface area contributed by atoms with Crippen LogP contribution in [0.3, 0.4) is 0 Å². The summed E-state index contributed by atoms with van der Waals surface area (Å²) in [5.41, 5.74) is 1.13. The Labute approximate surface area is 154 Å². The average Bonchev–Trinajstić information content (AvgIpc) is 2.98. The Kier molecular flexibility index (Phi) is 5.30. The van der Waals surface area contributed by atoms with Crippen molar-refractivity contribution in [1.82, 2.24) is 9.78 Å². The number of rotatable bonds is 5. The summed E-state index contributed by atoms with van der Waals surface area (Å²) in [7, 11) is 0. The van der Waals surface area contributed by atoms with Crippen LogP contribution in [-0.2, 0) is 0 Å². The molecule has 2 aromatic carbocycles. The lowest BCUT2D eigenvalue weighted by atomic mass is 10.0. The standard InChI is InChI=1S/C20H17F3N2O2/c1-3-18(13-7-8-16(22)17(23)11-13)25-19(9-12(2)24-25)27-20(26)14-5-4-6-15(21)10-14/h4-11,18H,3H2,1-2H3. The number of esters is 1. The van der Waals surface area contributed by atoms with E-state index in [-0.39, 0.29) is 11.4 Å². The summed E-state index contributed by atoms with van der Waals surface area (Å²) in [5, 5.41) is 4.32. The number of aromatic nitrogens is 2. The summed E-state index contributed by atoms with van der Waals surface area (Å²) in [6.45, 7) is 3.56. The number of ether oxygens (including phenoxy) is 1. The van der Waals surface area contributed by atoms with Gasteiger partial charge in [0.1, 0.15) is 5.82 Å². The minimum atomic E-state index is -0.965. The third kappa shape index (κ3) is 4.02. The summed E-state index contributed by atoms with van der Waals surface area (Å²) < 4.78 is 47.1. The van der Waals surface area contributed by atoms with Gasteiger partial charge in [-0.05, 0) is 49.2 Å². The molecule has 0 saturated carbocycles. The van der Waals surface area contributed by atoms with E-state index < -0.39 is 29.5 Å². The molecule has 1 heterocycles. The zero-order valence-electron chi connectivity index (χ0n) is 14.7. The summed E-state index contributed by atoms with van der Waals surface area (Å²) in [6.07, 6.45) is 0.497. The number of aryl methyl sites for hydroxylation is 1. The van der Waals surface area contributed by atoms with Crippen molar-refractivity contribution in [3.8, 4) is 5.88 Å². The zero-order valence-corrected chi connectivity index (χ0v) is 14.7. The Hall–Kier alpha value is -3.09. The number of carbonyl (C=O) groups excluding carboxylic acids is 1. The molecule has 1 aromatic heterocycles. The van der Waals surface area contributed by atoms with E-state index in [1.54, 1.807) is 13.0 Å².